The molecule has 0 saturated carbocycles. The normalized spacial score (nSPS) is 30.7. The van der Waals surface area contributed by atoms with Crippen LogP contribution in [0.2, 0.25) is 0 Å². The summed E-state index contributed by atoms with van der Waals surface area (Å²) in [6, 6.07) is 5.75. The molecule has 0 aromatic carbocycles. The number of nitrogens with one attached hydrogen (secondary N) is 1. The van der Waals surface area contributed by atoms with Crippen molar-refractivity contribution in [2.75, 3.05) is 37.3 Å². The van der Waals surface area contributed by atoms with E-state index in [2.05, 4.69) is 19.5 Å². The van der Waals surface area contributed by atoms with Gasteiger partial charge < -0.3 is 10.0 Å². The summed E-state index contributed by atoms with van der Waals surface area (Å²) in [6.07, 6.45) is 5.81. The van der Waals surface area contributed by atoms with Crippen molar-refractivity contribution in [2.24, 2.45) is 11.8 Å². The summed E-state index contributed by atoms with van der Waals surface area (Å²) >= 11 is 0. The molecule has 1 aromatic rings. The number of aromatic nitrogens is 1. The molecule has 3 aliphatic heterocycles. The first-order valence-corrected chi connectivity index (χ1v) is 11.9. The zero-order chi connectivity index (χ0) is 19.9. The molecule has 0 aliphatic carbocycles. The molecule has 2 N–H and O–H groups in total. The van der Waals surface area contributed by atoms with Crippen molar-refractivity contribution in [3.05, 3.63) is 23.9 Å². The van der Waals surface area contributed by atoms with E-state index < -0.39 is 16.0 Å². The predicted molar refractivity (Wildman–Crippen MR) is 106 cm³/mol. The van der Waals surface area contributed by atoms with E-state index in [1.165, 1.54) is 18.7 Å². The van der Waals surface area contributed by atoms with Crippen LogP contribution in [0.15, 0.2) is 18.2 Å². The zero-order valence-electron chi connectivity index (χ0n) is 16.1. The largest absolute Gasteiger partial charge is 0.477 e. The van der Waals surface area contributed by atoms with Crippen LogP contribution < -0.4 is 9.62 Å². The third-order valence-electron chi connectivity index (χ3n) is 6.45. The van der Waals surface area contributed by atoms with Crippen molar-refractivity contribution >= 4 is 21.8 Å². The van der Waals surface area contributed by atoms with Crippen LogP contribution in [0.25, 0.3) is 0 Å². The summed E-state index contributed by atoms with van der Waals surface area (Å²) in [5.41, 5.74) is 0.0582. The number of aromatic carboxylic acids is 1. The number of fused-ring (bicyclic) bond motifs is 4. The van der Waals surface area contributed by atoms with Crippen molar-refractivity contribution in [3.63, 3.8) is 0 Å². The van der Waals surface area contributed by atoms with Gasteiger partial charge in [0.1, 0.15) is 5.82 Å². The fourth-order valence-electron chi connectivity index (χ4n) is 5.33. The quantitative estimate of drug-likeness (QED) is 0.749. The Hall–Kier alpha value is -1.71. The van der Waals surface area contributed by atoms with Crippen LogP contribution in [-0.4, -0.2) is 73.9 Å². The minimum absolute atomic E-state index is 0.0582. The molecule has 3 aliphatic rings. The molecular weight excluding hydrogens is 380 g/mol. The van der Waals surface area contributed by atoms with Gasteiger partial charge in [-0.05, 0) is 49.8 Å². The first-order valence-electron chi connectivity index (χ1n) is 9.97. The van der Waals surface area contributed by atoms with Crippen LogP contribution in [0.5, 0.6) is 0 Å². The molecule has 0 radical (unpaired) electrons. The molecule has 3 fully saturated rings. The van der Waals surface area contributed by atoms with Gasteiger partial charge in [-0.3, -0.25) is 4.90 Å². The van der Waals surface area contributed by atoms with Gasteiger partial charge in [0.2, 0.25) is 10.0 Å². The highest BCUT2D eigenvalue weighted by molar-refractivity contribution is 7.88. The zero-order valence-corrected chi connectivity index (χ0v) is 16.9. The first kappa shape index (κ1) is 19.6. The summed E-state index contributed by atoms with van der Waals surface area (Å²) in [5, 5.41) is 9.26. The summed E-state index contributed by atoms with van der Waals surface area (Å²) < 4.78 is 26.1. The molecule has 3 saturated heterocycles. The Morgan fingerprint density at radius 1 is 1.29 bits per heavy atom. The van der Waals surface area contributed by atoms with Crippen molar-refractivity contribution < 1.29 is 18.3 Å². The minimum Gasteiger partial charge on any atom is -0.477 e. The molecule has 1 aromatic heterocycles. The number of rotatable bonds is 5. The van der Waals surface area contributed by atoms with Gasteiger partial charge in [0.05, 0.1) is 6.26 Å². The number of nitrogens with zero attached hydrogens (tertiary/aromatic N) is 3. The molecule has 8 nitrogen and oxygen atoms in total. The monoisotopic (exact) mass is 408 g/mol. The third kappa shape index (κ3) is 4.01. The Bertz CT molecular complexity index is 846. The SMILES string of the molecule is CS(=O)(=O)NC[C@H]1[C@H]2C[C@H](CN(c3cccc(C(=O)O)n3)C2)[C@@H]2CCCCN21. The van der Waals surface area contributed by atoms with Crippen LogP contribution >= 0.6 is 0 Å². The van der Waals surface area contributed by atoms with Gasteiger partial charge in [0.25, 0.3) is 0 Å². The number of carboxylic acids is 1. The Balaban J connectivity index is 1.59. The average Bonchev–Trinajstić information content (AvgIpc) is 2.67. The molecule has 9 heteroatoms. The molecule has 0 spiro atoms. The molecule has 4 heterocycles. The van der Waals surface area contributed by atoms with E-state index in [0.717, 1.165) is 38.9 Å². The topological polar surface area (TPSA) is 103 Å². The van der Waals surface area contributed by atoms with E-state index in [4.69, 9.17) is 0 Å². The standard InChI is InChI=1S/C19H28N4O4S/c1-28(26,27)20-10-17-14-9-13(16-6-2-3-8-23(16)17)11-22(12-14)18-7-4-5-15(21-18)19(24)25/h4-5,7,13-14,16-17,20H,2-3,6,8-12H2,1H3,(H,24,25)/t13-,14+,16+,17+/m1/s1. The number of carboxylic acid groups (broad SMARTS) is 1. The molecule has 2 bridgehead atoms. The maximum Gasteiger partial charge on any atom is 0.354 e. The second kappa shape index (κ2) is 7.61. The number of piperidine rings is 3. The van der Waals surface area contributed by atoms with E-state index in [-0.39, 0.29) is 11.7 Å². The van der Waals surface area contributed by atoms with Crippen LogP contribution in [-0.2, 0) is 10.0 Å². The molecule has 28 heavy (non-hydrogen) atoms. The maximum absolute atomic E-state index is 11.7. The lowest BCUT2D eigenvalue weighted by molar-refractivity contribution is -0.0295. The summed E-state index contributed by atoms with van der Waals surface area (Å²) in [7, 11) is -3.24. The fourth-order valence-corrected chi connectivity index (χ4v) is 5.80. The number of sulfonamides is 1. The maximum atomic E-state index is 11.7. The van der Waals surface area contributed by atoms with E-state index >= 15 is 0 Å². The average molecular weight is 409 g/mol. The van der Waals surface area contributed by atoms with E-state index in [0.29, 0.717) is 30.2 Å². The van der Waals surface area contributed by atoms with Crippen LogP contribution in [0.3, 0.4) is 0 Å². The van der Waals surface area contributed by atoms with Gasteiger partial charge in [-0.15, -0.1) is 0 Å². The van der Waals surface area contributed by atoms with Crippen molar-refractivity contribution in [1.82, 2.24) is 14.6 Å². The summed E-state index contributed by atoms with van der Waals surface area (Å²) in [6.45, 7) is 3.11. The number of hydrogen-bond donors (Lipinski definition) is 2. The lowest BCUT2D eigenvalue weighted by Gasteiger charge is -2.57. The highest BCUT2D eigenvalue weighted by Gasteiger charge is 2.47. The second-order valence-electron chi connectivity index (χ2n) is 8.34. The molecule has 154 valence electrons. The van der Waals surface area contributed by atoms with E-state index in [9.17, 15) is 18.3 Å². The van der Waals surface area contributed by atoms with Gasteiger partial charge in [0, 0.05) is 31.7 Å². The minimum atomic E-state index is -3.24. The Morgan fingerprint density at radius 2 is 2.07 bits per heavy atom. The van der Waals surface area contributed by atoms with Gasteiger partial charge >= 0.3 is 5.97 Å². The molecule has 0 amide bonds. The van der Waals surface area contributed by atoms with Gasteiger partial charge in [-0.25, -0.2) is 22.9 Å². The number of hydrogen-bond acceptors (Lipinski definition) is 6. The molecule has 0 unspecified atom stereocenters. The van der Waals surface area contributed by atoms with E-state index in [1.807, 2.05) is 6.07 Å². The van der Waals surface area contributed by atoms with Crippen molar-refractivity contribution in [3.8, 4) is 0 Å². The number of anilines is 1. The highest BCUT2D eigenvalue weighted by atomic mass is 32.2. The van der Waals surface area contributed by atoms with Crippen LogP contribution in [0.1, 0.15) is 36.2 Å². The Morgan fingerprint density at radius 3 is 2.82 bits per heavy atom. The molecular formula is C19H28N4O4S. The predicted octanol–water partition coefficient (Wildman–Crippen LogP) is 1.01. The lowest BCUT2D eigenvalue weighted by Crippen LogP contribution is -2.65. The van der Waals surface area contributed by atoms with Gasteiger partial charge in [-0.2, -0.15) is 0 Å². The number of carbonyl (C=O) groups is 1. The van der Waals surface area contributed by atoms with Crippen LogP contribution in [0, 0.1) is 11.8 Å². The summed E-state index contributed by atoms with van der Waals surface area (Å²) in [5.74, 6) is 0.517. The first-order chi connectivity index (χ1) is 13.3. The Kier molecular flexibility index (Phi) is 5.32. The lowest BCUT2D eigenvalue weighted by atomic mass is 9.72. The fraction of sp³-hybridized carbons (Fsp3) is 0.684. The third-order valence-corrected chi connectivity index (χ3v) is 7.14. The highest BCUT2D eigenvalue weighted by Crippen LogP contribution is 2.41. The Labute approximate surface area is 166 Å². The second-order valence-corrected chi connectivity index (χ2v) is 10.2. The molecule has 4 atom stereocenters. The smallest absolute Gasteiger partial charge is 0.354 e. The van der Waals surface area contributed by atoms with Crippen molar-refractivity contribution in [1.29, 1.82) is 0 Å². The van der Waals surface area contributed by atoms with Gasteiger partial charge in [-0.1, -0.05) is 12.5 Å². The van der Waals surface area contributed by atoms with Crippen LogP contribution in [0.4, 0.5) is 5.82 Å². The van der Waals surface area contributed by atoms with Gasteiger partial charge in [0.15, 0.2) is 5.69 Å². The van der Waals surface area contributed by atoms with E-state index in [1.54, 1.807) is 6.07 Å². The number of pyridine rings is 1. The molecule has 4 rings (SSSR count). The van der Waals surface area contributed by atoms with Crippen molar-refractivity contribution in [2.45, 2.75) is 37.8 Å². The summed E-state index contributed by atoms with van der Waals surface area (Å²) in [4.78, 5) is 20.4.